The molecule has 9 heteroatoms. The lowest BCUT2D eigenvalue weighted by molar-refractivity contribution is 0.242. The molecule has 0 amide bonds. The Bertz CT molecular complexity index is 990. The largest absolute Gasteiger partial charge is 0.369 e. The summed E-state index contributed by atoms with van der Waals surface area (Å²) in [6, 6.07) is 12.7. The standard InChI is InChI=1S/C18H20N4O3S2/c19-27(23,24)16-5-3-15(4-6-16)22-9-7-21(8-10-22)13-14-12-17(25-20-14)18-2-1-11-26-18/h1-6,11-12H,7-10,13H2,(H2,19,23,24). The van der Waals surface area contributed by atoms with E-state index in [1.807, 2.05) is 23.6 Å². The number of rotatable bonds is 5. The van der Waals surface area contributed by atoms with Crippen LogP contribution in [0.1, 0.15) is 5.69 Å². The molecule has 0 atom stereocenters. The summed E-state index contributed by atoms with van der Waals surface area (Å²) < 4.78 is 28.2. The molecule has 1 aliphatic rings. The van der Waals surface area contributed by atoms with E-state index in [-0.39, 0.29) is 4.90 Å². The van der Waals surface area contributed by atoms with Gasteiger partial charge in [0, 0.05) is 44.5 Å². The van der Waals surface area contributed by atoms with Crippen molar-refractivity contribution in [3.05, 3.63) is 53.5 Å². The van der Waals surface area contributed by atoms with Crippen molar-refractivity contribution < 1.29 is 12.9 Å². The molecule has 0 spiro atoms. The summed E-state index contributed by atoms with van der Waals surface area (Å²) in [4.78, 5) is 5.80. The minimum Gasteiger partial charge on any atom is -0.369 e. The van der Waals surface area contributed by atoms with Crippen LogP contribution in [0.5, 0.6) is 0 Å². The highest BCUT2D eigenvalue weighted by molar-refractivity contribution is 7.89. The van der Waals surface area contributed by atoms with Crippen molar-refractivity contribution in [2.75, 3.05) is 31.1 Å². The van der Waals surface area contributed by atoms with Gasteiger partial charge in [-0.25, -0.2) is 13.6 Å². The van der Waals surface area contributed by atoms with Gasteiger partial charge in [0.1, 0.15) is 0 Å². The number of nitrogens with two attached hydrogens (primary N) is 1. The number of anilines is 1. The zero-order valence-corrected chi connectivity index (χ0v) is 16.2. The lowest BCUT2D eigenvalue weighted by Gasteiger charge is -2.35. The second-order valence-electron chi connectivity index (χ2n) is 6.46. The Hall–Kier alpha value is -2.20. The Kier molecular flexibility index (Phi) is 5.00. The minimum atomic E-state index is -3.65. The van der Waals surface area contributed by atoms with Crippen LogP contribution in [0, 0.1) is 0 Å². The number of piperazine rings is 1. The number of hydrogen-bond acceptors (Lipinski definition) is 7. The molecule has 0 saturated carbocycles. The molecule has 2 N–H and O–H groups in total. The zero-order chi connectivity index (χ0) is 18.9. The zero-order valence-electron chi connectivity index (χ0n) is 14.6. The van der Waals surface area contributed by atoms with Crippen molar-refractivity contribution in [3.63, 3.8) is 0 Å². The van der Waals surface area contributed by atoms with Crippen molar-refractivity contribution >= 4 is 27.0 Å². The molecule has 4 rings (SSSR count). The molecule has 7 nitrogen and oxygen atoms in total. The minimum absolute atomic E-state index is 0.137. The van der Waals surface area contributed by atoms with Crippen LogP contribution in [0.2, 0.25) is 0 Å². The molecule has 0 radical (unpaired) electrons. The maximum atomic E-state index is 11.4. The van der Waals surface area contributed by atoms with E-state index in [0.717, 1.165) is 54.7 Å². The van der Waals surface area contributed by atoms with E-state index in [0.29, 0.717) is 0 Å². The molecular formula is C18H20N4O3S2. The van der Waals surface area contributed by atoms with Crippen molar-refractivity contribution in [2.45, 2.75) is 11.4 Å². The van der Waals surface area contributed by atoms with E-state index in [1.54, 1.807) is 35.6 Å². The molecule has 0 bridgehead atoms. The van der Waals surface area contributed by atoms with Crippen LogP contribution in [0.15, 0.2) is 57.3 Å². The van der Waals surface area contributed by atoms with Gasteiger partial charge in [0.15, 0.2) is 5.76 Å². The third-order valence-electron chi connectivity index (χ3n) is 4.61. The third-order valence-corrected chi connectivity index (χ3v) is 6.42. The maximum Gasteiger partial charge on any atom is 0.238 e. The summed E-state index contributed by atoms with van der Waals surface area (Å²) in [7, 11) is -3.65. The quantitative estimate of drug-likeness (QED) is 0.702. The van der Waals surface area contributed by atoms with E-state index < -0.39 is 10.0 Å². The fourth-order valence-electron chi connectivity index (χ4n) is 3.16. The second kappa shape index (κ2) is 7.43. The van der Waals surface area contributed by atoms with E-state index in [2.05, 4.69) is 15.0 Å². The lowest BCUT2D eigenvalue weighted by atomic mass is 10.2. The molecule has 0 unspecified atom stereocenters. The van der Waals surface area contributed by atoms with Gasteiger partial charge in [-0.2, -0.15) is 0 Å². The van der Waals surface area contributed by atoms with Gasteiger partial charge in [-0.05, 0) is 35.7 Å². The SMILES string of the molecule is NS(=O)(=O)c1ccc(N2CCN(Cc3cc(-c4cccs4)on3)CC2)cc1. The van der Waals surface area contributed by atoms with Gasteiger partial charge < -0.3 is 9.42 Å². The van der Waals surface area contributed by atoms with Crippen LogP contribution in [0.3, 0.4) is 0 Å². The Balaban J connectivity index is 1.34. The van der Waals surface area contributed by atoms with Crippen LogP contribution in [-0.4, -0.2) is 44.7 Å². The van der Waals surface area contributed by atoms with Gasteiger partial charge >= 0.3 is 0 Å². The predicted molar refractivity (Wildman–Crippen MR) is 105 cm³/mol. The van der Waals surface area contributed by atoms with E-state index in [1.165, 1.54) is 0 Å². The normalized spacial score (nSPS) is 16.0. The predicted octanol–water partition coefficient (Wildman–Crippen LogP) is 2.37. The summed E-state index contributed by atoms with van der Waals surface area (Å²) in [6.45, 7) is 4.29. The Morgan fingerprint density at radius 3 is 2.48 bits per heavy atom. The number of benzene rings is 1. The van der Waals surface area contributed by atoms with Gasteiger partial charge in [0.25, 0.3) is 0 Å². The first-order valence-corrected chi connectivity index (χ1v) is 11.0. The van der Waals surface area contributed by atoms with Gasteiger partial charge in [-0.3, -0.25) is 4.90 Å². The number of hydrogen-bond donors (Lipinski definition) is 1. The molecule has 3 heterocycles. The first-order chi connectivity index (χ1) is 13.0. The topological polar surface area (TPSA) is 92.7 Å². The van der Waals surface area contributed by atoms with Crippen molar-refractivity contribution in [1.29, 1.82) is 0 Å². The summed E-state index contributed by atoms with van der Waals surface area (Å²) >= 11 is 1.64. The molecule has 2 aromatic heterocycles. The molecule has 3 aromatic rings. The highest BCUT2D eigenvalue weighted by Crippen LogP contribution is 2.26. The molecule has 1 aliphatic heterocycles. The van der Waals surface area contributed by atoms with Crippen LogP contribution in [-0.2, 0) is 16.6 Å². The Morgan fingerprint density at radius 1 is 1.11 bits per heavy atom. The number of sulfonamides is 1. The molecule has 0 aliphatic carbocycles. The van der Waals surface area contributed by atoms with Gasteiger partial charge in [0.2, 0.25) is 10.0 Å². The van der Waals surface area contributed by atoms with Crippen LogP contribution in [0.25, 0.3) is 10.6 Å². The van der Waals surface area contributed by atoms with Crippen LogP contribution >= 0.6 is 11.3 Å². The van der Waals surface area contributed by atoms with Crippen LogP contribution in [0.4, 0.5) is 5.69 Å². The molecular weight excluding hydrogens is 384 g/mol. The fraction of sp³-hybridized carbons (Fsp3) is 0.278. The highest BCUT2D eigenvalue weighted by atomic mass is 32.2. The van der Waals surface area contributed by atoms with Crippen molar-refractivity contribution in [3.8, 4) is 10.6 Å². The van der Waals surface area contributed by atoms with Crippen molar-refractivity contribution in [2.24, 2.45) is 5.14 Å². The highest BCUT2D eigenvalue weighted by Gasteiger charge is 2.19. The fourth-order valence-corrected chi connectivity index (χ4v) is 4.35. The summed E-state index contributed by atoms with van der Waals surface area (Å²) in [5.74, 6) is 0.814. The number of primary sulfonamides is 1. The first-order valence-electron chi connectivity index (χ1n) is 8.59. The number of aromatic nitrogens is 1. The summed E-state index contributed by atoms with van der Waals surface area (Å²) in [6.07, 6.45) is 0. The average Bonchev–Trinajstić information content (AvgIpc) is 3.33. The third kappa shape index (κ3) is 4.22. The molecule has 1 aromatic carbocycles. The summed E-state index contributed by atoms with van der Waals surface area (Å²) in [5.41, 5.74) is 1.94. The Morgan fingerprint density at radius 2 is 1.85 bits per heavy atom. The van der Waals surface area contributed by atoms with E-state index in [9.17, 15) is 8.42 Å². The summed E-state index contributed by atoms with van der Waals surface area (Å²) in [5, 5.41) is 11.4. The lowest BCUT2D eigenvalue weighted by Crippen LogP contribution is -2.46. The van der Waals surface area contributed by atoms with Crippen LogP contribution < -0.4 is 10.0 Å². The number of nitrogens with zero attached hydrogens (tertiary/aromatic N) is 3. The number of thiophene rings is 1. The van der Waals surface area contributed by atoms with Gasteiger partial charge in [-0.15, -0.1) is 11.3 Å². The maximum absolute atomic E-state index is 11.4. The van der Waals surface area contributed by atoms with Gasteiger partial charge in [-0.1, -0.05) is 11.2 Å². The second-order valence-corrected chi connectivity index (χ2v) is 8.97. The Labute approximate surface area is 162 Å². The molecule has 1 fully saturated rings. The van der Waals surface area contributed by atoms with E-state index in [4.69, 9.17) is 9.66 Å². The monoisotopic (exact) mass is 404 g/mol. The smallest absolute Gasteiger partial charge is 0.238 e. The molecule has 142 valence electrons. The average molecular weight is 405 g/mol. The first kappa shape index (κ1) is 18.2. The van der Waals surface area contributed by atoms with Crippen molar-refractivity contribution in [1.82, 2.24) is 10.1 Å². The molecule has 1 saturated heterocycles. The molecule has 27 heavy (non-hydrogen) atoms. The van der Waals surface area contributed by atoms with E-state index >= 15 is 0 Å². The van der Waals surface area contributed by atoms with Gasteiger partial charge in [0.05, 0.1) is 15.5 Å².